The molecular weight excluding hydrogens is 314 g/mol. The van der Waals surface area contributed by atoms with Crippen molar-refractivity contribution in [3.8, 4) is 0 Å². The largest absolute Gasteiger partial charge is 0.399 e. The summed E-state index contributed by atoms with van der Waals surface area (Å²) in [6, 6.07) is 16.2. The lowest BCUT2D eigenvalue weighted by atomic mass is 10.0. The molecule has 0 spiro atoms. The minimum Gasteiger partial charge on any atom is -0.399 e. The fourth-order valence-electron chi connectivity index (χ4n) is 3.22. The van der Waals surface area contributed by atoms with Crippen molar-refractivity contribution in [1.82, 2.24) is 10.2 Å². The second-order valence-corrected chi connectivity index (χ2v) is 6.35. The molecule has 1 fully saturated rings. The Labute approximate surface area is 147 Å². The Morgan fingerprint density at radius 2 is 1.80 bits per heavy atom. The average molecular weight is 337 g/mol. The summed E-state index contributed by atoms with van der Waals surface area (Å²) >= 11 is 0. The van der Waals surface area contributed by atoms with E-state index in [2.05, 4.69) is 5.32 Å². The molecule has 3 rings (SSSR count). The molecule has 1 saturated heterocycles. The van der Waals surface area contributed by atoms with Crippen molar-refractivity contribution in [2.45, 2.75) is 25.3 Å². The molecule has 1 heterocycles. The van der Waals surface area contributed by atoms with Gasteiger partial charge in [-0.15, -0.1) is 0 Å². The van der Waals surface area contributed by atoms with Crippen LogP contribution in [-0.4, -0.2) is 35.8 Å². The molecule has 2 amide bonds. The standard InChI is InChI=1S/C20H23N3O2/c21-17-10-6-9-16(13-17)20(25)23-12-5-4-11-18(23)14-22-19(24)15-7-2-1-3-8-15/h1-3,6-10,13,18H,4-5,11-12,14,21H2,(H,22,24). The van der Waals surface area contributed by atoms with Gasteiger partial charge in [-0.25, -0.2) is 0 Å². The summed E-state index contributed by atoms with van der Waals surface area (Å²) in [5.41, 5.74) is 7.61. The fourth-order valence-corrected chi connectivity index (χ4v) is 3.22. The lowest BCUT2D eigenvalue weighted by Crippen LogP contribution is -2.49. The minimum atomic E-state index is -0.109. The molecule has 25 heavy (non-hydrogen) atoms. The van der Waals surface area contributed by atoms with E-state index in [9.17, 15) is 9.59 Å². The Morgan fingerprint density at radius 1 is 1.04 bits per heavy atom. The Balaban J connectivity index is 1.66. The van der Waals surface area contributed by atoms with Crippen LogP contribution in [0.15, 0.2) is 54.6 Å². The van der Waals surface area contributed by atoms with Gasteiger partial charge in [0.15, 0.2) is 0 Å². The zero-order valence-corrected chi connectivity index (χ0v) is 14.2. The van der Waals surface area contributed by atoms with Gasteiger partial charge in [-0.05, 0) is 49.6 Å². The van der Waals surface area contributed by atoms with Crippen molar-refractivity contribution in [3.63, 3.8) is 0 Å². The number of benzene rings is 2. The molecule has 1 aliphatic heterocycles. The molecule has 5 heteroatoms. The molecule has 0 aromatic heterocycles. The van der Waals surface area contributed by atoms with Gasteiger partial charge in [0, 0.05) is 35.9 Å². The second-order valence-electron chi connectivity index (χ2n) is 6.35. The summed E-state index contributed by atoms with van der Waals surface area (Å²) in [4.78, 5) is 26.9. The molecule has 0 radical (unpaired) electrons. The number of carbonyl (C=O) groups excluding carboxylic acids is 2. The predicted octanol–water partition coefficient (Wildman–Crippen LogP) is 2.69. The number of nitrogens with one attached hydrogen (secondary N) is 1. The number of nitrogens with zero attached hydrogens (tertiary/aromatic N) is 1. The number of carbonyl (C=O) groups is 2. The Bertz CT molecular complexity index is 746. The summed E-state index contributed by atoms with van der Waals surface area (Å²) in [6.45, 7) is 1.17. The third kappa shape index (κ3) is 4.18. The number of amides is 2. The number of nitrogen functional groups attached to an aromatic ring is 1. The number of likely N-dealkylation sites (tertiary alicyclic amines) is 1. The minimum absolute atomic E-state index is 0.00958. The summed E-state index contributed by atoms with van der Waals surface area (Å²) < 4.78 is 0. The first kappa shape index (κ1) is 17.0. The van der Waals surface area contributed by atoms with Gasteiger partial charge in [-0.2, -0.15) is 0 Å². The molecular formula is C20H23N3O2. The smallest absolute Gasteiger partial charge is 0.254 e. The Hall–Kier alpha value is -2.82. The molecule has 3 N–H and O–H groups in total. The van der Waals surface area contributed by atoms with Gasteiger partial charge in [0.1, 0.15) is 0 Å². The number of anilines is 1. The molecule has 5 nitrogen and oxygen atoms in total. The van der Waals surface area contributed by atoms with Gasteiger partial charge in [-0.3, -0.25) is 9.59 Å². The normalized spacial score (nSPS) is 17.1. The molecule has 0 aliphatic carbocycles. The average Bonchev–Trinajstić information content (AvgIpc) is 2.66. The lowest BCUT2D eigenvalue weighted by Gasteiger charge is -2.36. The maximum atomic E-state index is 12.8. The van der Waals surface area contributed by atoms with Crippen LogP contribution in [0.4, 0.5) is 5.69 Å². The Morgan fingerprint density at radius 3 is 2.56 bits per heavy atom. The number of piperidine rings is 1. The van der Waals surface area contributed by atoms with E-state index < -0.39 is 0 Å². The summed E-state index contributed by atoms with van der Waals surface area (Å²) in [6.07, 6.45) is 2.94. The number of hydrogen-bond donors (Lipinski definition) is 2. The number of nitrogens with two attached hydrogens (primary N) is 1. The molecule has 2 aromatic carbocycles. The molecule has 0 saturated carbocycles. The van der Waals surface area contributed by atoms with E-state index >= 15 is 0 Å². The van der Waals surface area contributed by atoms with Gasteiger partial charge in [0.25, 0.3) is 11.8 Å². The van der Waals surface area contributed by atoms with Crippen molar-refractivity contribution in [3.05, 3.63) is 65.7 Å². The van der Waals surface area contributed by atoms with Gasteiger partial charge >= 0.3 is 0 Å². The maximum Gasteiger partial charge on any atom is 0.254 e. The van der Waals surface area contributed by atoms with Crippen LogP contribution in [0.1, 0.15) is 40.0 Å². The van der Waals surface area contributed by atoms with Crippen LogP contribution >= 0.6 is 0 Å². The van der Waals surface area contributed by atoms with E-state index in [-0.39, 0.29) is 17.9 Å². The molecule has 2 aromatic rings. The summed E-state index contributed by atoms with van der Waals surface area (Å²) in [5.74, 6) is -0.131. The topological polar surface area (TPSA) is 75.4 Å². The van der Waals surface area contributed by atoms with Crippen molar-refractivity contribution in [2.24, 2.45) is 0 Å². The lowest BCUT2D eigenvalue weighted by molar-refractivity contribution is 0.0602. The fraction of sp³-hybridized carbons (Fsp3) is 0.300. The van der Waals surface area contributed by atoms with Crippen LogP contribution in [0, 0.1) is 0 Å². The molecule has 1 aliphatic rings. The van der Waals surface area contributed by atoms with Gasteiger partial charge in [-0.1, -0.05) is 24.3 Å². The first-order chi connectivity index (χ1) is 12.1. The first-order valence-electron chi connectivity index (χ1n) is 8.65. The van der Waals surface area contributed by atoms with E-state index in [0.717, 1.165) is 19.3 Å². The van der Waals surface area contributed by atoms with E-state index in [1.807, 2.05) is 23.1 Å². The third-order valence-corrected chi connectivity index (χ3v) is 4.56. The van der Waals surface area contributed by atoms with Crippen molar-refractivity contribution < 1.29 is 9.59 Å². The van der Waals surface area contributed by atoms with Gasteiger partial charge in [0.05, 0.1) is 0 Å². The molecule has 0 bridgehead atoms. The summed E-state index contributed by atoms with van der Waals surface area (Å²) in [5, 5.41) is 2.96. The van der Waals surface area contributed by atoms with E-state index in [4.69, 9.17) is 5.73 Å². The maximum absolute atomic E-state index is 12.8. The van der Waals surface area contributed by atoms with Gasteiger partial charge in [0.2, 0.25) is 0 Å². The second kappa shape index (κ2) is 7.83. The third-order valence-electron chi connectivity index (χ3n) is 4.56. The van der Waals surface area contributed by atoms with Crippen LogP contribution in [0.25, 0.3) is 0 Å². The van der Waals surface area contributed by atoms with Crippen LogP contribution in [0.5, 0.6) is 0 Å². The monoisotopic (exact) mass is 337 g/mol. The van der Waals surface area contributed by atoms with Crippen LogP contribution in [0.2, 0.25) is 0 Å². The highest BCUT2D eigenvalue weighted by Gasteiger charge is 2.27. The summed E-state index contributed by atoms with van der Waals surface area (Å²) in [7, 11) is 0. The SMILES string of the molecule is Nc1cccc(C(=O)N2CCCCC2CNC(=O)c2ccccc2)c1. The number of hydrogen-bond acceptors (Lipinski definition) is 3. The van der Waals surface area contributed by atoms with E-state index in [1.54, 1.807) is 36.4 Å². The van der Waals surface area contributed by atoms with Crippen LogP contribution < -0.4 is 11.1 Å². The van der Waals surface area contributed by atoms with Gasteiger partial charge < -0.3 is 16.0 Å². The zero-order chi connectivity index (χ0) is 17.6. The van der Waals surface area contributed by atoms with Crippen molar-refractivity contribution in [1.29, 1.82) is 0 Å². The molecule has 1 unspecified atom stereocenters. The van der Waals surface area contributed by atoms with E-state index in [0.29, 0.717) is 29.9 Å². The first-order valence-corrected chi connectivity index (χ1v) is 8.65. The highest BCUT2D eigenvalue weighted by molar-refractivity contribution is 5.96. The quantitative estimate of drug-likeness (QED) is 0.842. The Kier molecular flexibility index (Phi) is 5.33. The van der Waals surface area contributed by atoms with Crippen LogP contribution in [-0.2, 0) is 0 Å². The predicted molar refractivity (Wildman–Crippen MR) is 98.3 cm³/mol. The molecule has 1 atom stereocenters. The molecule has 130 valence electrons. The van der Waals surface area contributed by atoms with E-state index in [1.165, 1.54) is 0 Å². The zero-order valence-electron chi connectivity index (χ0n) is 14.2. The van der Waals surface area contributed by atoms with Crippen LogP contribution in [0.3, 0.4) is 0 Å². The number of rotatable bonds is 4. The highest BCUT2D eigenvalue weighted by atomic mass is 16.2. The highest BCUT2D eigenvalue weighted by Crippen LogP contribution is 2.20. The van der Waals surface area contributed by atoms with Crippen molar-refractivity contribution >= 4 is 17.5 Å². The van der Waals surface area contributed by atoms with Crippen molar-refractivity contribution in [2.75, 3.05) is 18.8 Å².